The molecule has 0 amide bonds. The maximum Gasteiger partial charge on any atom is 0.315 e. The lowest BCUT2D eigenvalue weighted by molar-refractivity contribution is -0.147. The van der Waals surface area contributed by atoms with Crippen LogP contribution in [-0.4, -0.2) is 19.4 Å². The van der Waals surface area contributed by atoms with Crippen molar-refractivity contribution in [2.75, 3.05) is 7.11 Å². The molecule has 0 heterocycles. The van der Waals surface area contributed by atoms with Crippen LogP contribution in [0.3, 0.4) is 0 Å². The van der Waals surface area contributed by atoms with Crippen molar-refractivity contribution in [3.63, 3.8) is 0 Å². The first-order chi connectivity index (χ1) is 4.76. The van der Waals surface area contributed by atoms with Crippen molar-refractivity contribution in [3.05, 3.63) is 0 Å². The van der Waals surface area contributed by atoms with E-state index in [1.54, 1.807) is 0 Å². The molecule has 0 aromatic heterocycles. The van der Waals surface area contributed by atoms with Crippen molar-refractivity contribution in [1.29, 1.82) is 0 Å². The minimum absolute atomic E-state index is 0.433. The van der Waals surface area contributed by atoms with Gasteiger partial charge in [0.25, 0.3) is 0 Å². The van der Waals surface area contributed by atoms with Gasteiger partial charge >= 0.3 is 5.97 Å². The van der Waals surface area contributed by atoms with Gasteiger partial charge in [0, 0.05) is 0 Å². The highest BCUT2D eigenvalue weighted by atomic mass is 16.5. The zero-order chi connectivity index (χ0) is 7.98. The van der Waals surface area contributed by atoms with Crippen LogP contribution in [0.25, 0.3) is 0 Å². The number of rotatable bonds is 4. The number of hydrogen-bond donors (Lipinski definition) is 0. The summed E-state index contributed by atoms with van der Waals surface area (Å²) in [4.78, 5) is 20.9. The maximum absolute atomic E-state index is 10.7. The van der Waals surface area contributed by atoms with Gasteiger partial charge in [-0.3, -0.25) is 4.79 Å². The van der Waals surface area contributed by atoms with Gasteiger partial charge in [0.15, 0.2) is 0 Å². The highest BCUT2D eigenvalue weighted by molar-refractivity contribution is 5.87. The summed E-state index contributed by atoms with van der Waals surface area (Å²) in [6.45, 7) is 1.92. The van der Waals surface area contributed by atoms with Gasteiger partial charge in [-0.15, -0.1) is 0 Å². The predicted molar refractivity (Wildman–Crippen MR) is 36.5 cm³/mol. The summed E-state index contributed by atoms with van der Waals surface area (Å²) in [6.07, 6.45) is 2.03. The largest absolute Gasteiger partial charge is 0.468 e. The maximum atomic E-state index is 10.7. The SMILES string of the molecule is CCCC(C=O)C(=O)OC. The van der Waals surface area contributed by atoms with E-state index >= 15 is 0 Å². The summed E-state index contributed by atoms with van der Waals surface area (Å²) >= 11 is 0. The third-order valence-corrected chi connectivity index (χ3v) is 1.27. The summed E-state index contributed by atoms with van der Waals surface area (Å²) in [5.74, 6) is -0.994. The van der Waals surface area contributed by atoms with E-state index in [0.717, 1.165) is 6.42 Å². The van der Waals surface area contributed by atoms with E-state index in [9.17, 15) is 9.59 Å². The molecule has 0 saturated carbocycles. The van der Waals surface area contributed by atoms with Crippen molar-refractivity contribution in [1.82, 2.24) is 0 Å². The molecule has 0 saturated heterocycles. The Morgan fingerprint density at radius 2 is 2.30 bits per heavy atom. The van der Waals surface area contributed by atoms with Gasteiger partial charge in [0.2, 0.25) is 0 Å². The molecule has 0 aliphatic heterocycles. The number of ether oxygens (including phenoxy) is 1. The second kappa shape index (κ2) is 4.97. The Kier molecular flexibility index (Phi) is 4.54. The number of carbonyl (C=O) groups is 2. The number of aldehydes is 1. The lowest BCUT2D eigenvalue weighted by Gasteiger charge is -2.04. The molecular formula is C7H12O3. The van der Waals surface area contributed by atoms with Crippen LogP contribution in [0.5, 0.6) is 0 Å². The smallest absolute Gasteiger partial charge is 0.315 e. The Hall–Kier alpha value is -0.860. The highest BCUT2D eigenvalue weighted by Gasteiger charge is 2.15. The zero-order valence-corrected chi connectivity index (χ0v) is 6.29. The first kappa shape index (κ1) is 9.14. The molecule has 3 heteroatoms. The molecule has 0 aromatic carbocycles. The first-order valence-electron chi connectivity index (χ1n) is 3.29. The summed E-state index contributed by atoms with van der Waals surface area (Å²) in [5, 5.41) is 0. The number of esters is 1. The third-order valence-electron chi connectivity index (χ3n) is 1.27. The van der Waals surface area contributed by atoms with E-state index in [1.807, 2.05) is 6.92 Å². The lowest BCUT2D eigenvalue weighted by atomic mass is 10.1. The van der Waals surface area contributed by atoms with Gasteiger partial charge in [-0.25, -0.2) is 0 Å². The number of carbonyl (C=O) groups excluding carboxylic acids is 2. The van der Waals surface area contributed by atoms with Gasteiger partial charge in [-0.1, -0.05) is 13.3 Å². The molecule has 0 bridgehead atoms. The molecule has 1 unspecified atom stereocenters. The molecule has 58 valence electrons. The Morgan fingerprint density at radius 1 is 1.70 bits per heavy atom. The minimum atomic E-state index is -0.560. The zero-order valence-electron chi connectivity index (χ0n) is 6.29. The van der Waals surface area contributed by atoms with Crippen LogP contribution in [0.1, 0.15) is 19.8 Å². The molecule has 0 aliphatic rings. The summed E-state index contributed by atoms with van der Waals surface area (Å²) < 4.78 is 4.39. The first-order valence-corrected chi connectivity index (χ1v) is 3.29. The van der Waals surface area contributed by atoms with E-state index in [2.05, 4.69) is 4.74 Å². The van der Waals surface area contributed by atoms with Gasteiger partial charge in [-0.2, -0.15) is 0 Å². The fraction of sp³-hybridized carbons (Fsp3) is 0.714. The third kappa shape index (κ3) is 2.62. The van der Waals surface area contributed by atoms with Crippen LogP contribution in [0.4, 0.5) is 0 Å². The molecular weight excluding hydrogens is 132 g/mol. The van der Waals surface area contributed by atoms with Gasteiger partial charge < -0.3 is 9.53 Å². The second-order valence-electron chi connectivity index (χ2n) is 2.05. The minimum Gasteiger partial charge on any atom is -0.468 e. The predicted octanol–water partition coefficient (Wildman–Crippen LogP) is 0.775. The van der Waals surface area contributed by atoms with E-state index in [1.165, 1.54) is 7.11 Å². The van der Waals surface area contributed by atoms with E-state index in [0.29, 0.717) is 12.7 Å². The number of hydrogen-bond acceptors (Lipinski definition) is 3. The normalized spacial score (nSPS) is 12.2. The summed E-state index contributed by atoms with van der Waals surface area (Å²) in [6, 6.07) is 0. The fourth-order valence-corrected chi connectivity index (χ4v) is 0.704. The van der Waals surface area contributed by atoms with Gasteiger partial charge in [-0.05, 0) is 6.42 Å². The van der Waals surface area contributed by atoms with Crippen molar-refractivity contribution in [2.45, 2.75) is 19.8 Å². The van der Waals surface area contributed by atoms with Gasteiger partial charge in [0.1, 0.15) is 12.2 Å². The average molecular weight is 144 g/mol. The Morgan fingerprint density at radius 3 is 2.60 bits per heavy atom. The molecule has 3 nitrogen and oxygen atoms in total. The Bertz CT molecular complexity index is 120. The van der Waals surface area contributed by atoms with E-state index in [4.69, 9.17) is 0 Å². The molecule has 0 radical (unpaired) electrons. The monoisotopic (exact) mass is 144 g/mol. The van der Waals surface area contributed by atoms with Crippen LogP contribution in [0.15, 0.2) is 0 Å². The van der Waals surface area contributed by atoms with Crippen LogP contribution >= 0.6 is 0 Å². The molecule has 0 aromatic rings. The van der Waals surface area contributed by atoms with Crippen LogP contribution in [0.2, 0.25) is 0 Å². The van der Waals surface area contributed by atoms with Crippen LogP contribution < -0.4 is 0 Å². The molecule has 1 atom stereocenters. The quantitative estimate of drug-likeness (QED) is 0.332. The number of methoxy groups -OCH3 is 1. The van der Waals surface area contributed by atoms with E-state index in [-0.39, 0.29) is 0 Å². The van der Waals surface area contributed by atoms with Crippen molar-refractivity contribution < 1.29 is 14.3 Å². The summed E-state index contributed by atoms with van der Waals surface area (Å²) in [7, 11) is 1.29. The van der Waals surface area contributed by atoms with E-state index < -0.39 is 11.9 Å². The van der Waals surface area contributed by atoms with Crippen LogP contribution in [-0.2, 0) is 14.3 Å². The lowest BCUT2D eigenvalue weighted by Crippen LogP contribution is -2.16. The Balaban J connectivity index is 3.80. The standard InChI is InChI=1S/C7H12O3/c1-3-4-6(5-8)7(9)10-2/h5-6H,3-4H2,1-2H3. The Labute approximate surface area is 60.4 Å². The fourth-order valence-electron chi connectivity index (χ4n) is 0.704. The molecule has 0 aliphatic carbocycles. The molecule has 0 fully saturated rings. The second-order valence-corrected chi connectivity index (χ2v) is 2.05. The van der Waals surface area contributed by atoms with Gasteiger partial charge in [0.05, 0.1) is 7.11 Å². The van der Waals surface area contributed by atoms with Crippen molar-refractivity contribution in [2.24, 2.45) is 5.92 Å². The summed E-state index contributed by atoms with van der Waals surface area (Å²) in [5.41, 5.74) is 0. The molecule has 0 rings (SSSR count). The highest BCUT2D eigenvalue weighted by Crippen LogP contribution is 2.03. The molecule has 0 spiro atoms. The van der Waals surface area contributed by atoms with Crippen LogP contribution in [0, 0.1) is 5.92 Å². The molecule has 10 heavy (non-hydrogen) atoms. The average Bonchev–Trinajstić information content (AvgIpc) is 1.99. The topological polar surface area (TPSA) is 43.4 Å². The molecule has 0 N–H and O–H groups in total. The van der Waals surface area contributed by atoms with Crippen molar-refractivity contribution in [3.8, 4) is 0 Å². The van der Waals surface area contributed by atoms with Crippen molar-refractivity contribution >= 4 is 12.3 Å².